The molecule has 9 heteroatoms. The Kier molecular flexibility index (Phi) is 10.8. The molecule has 1 aromatic heterocycles. The molecule has 0 radical (unpaired) electrons. The number of morpholine rings is 1. The maximum absolute atomic E-state index is 16.5. The lowest BCUT2D eigenvalue weighted by atomic mass is 9.71. The number of hydrogen-bond acceptors (Lipinski definition) is 7. The van der Waals surface area contributed by atoms with Gasteiger partial charge in [-0.25, -0.2) is 4.39 Å². The first-order valence-corrected chi connectivity index (χ1v) is 16.4. The number of piperidine rings is 1. The highest BCUT2D eigenvalue weighted by molar-refractivity contribution is 7.99. The van der Waals surface area contributed by atoms with E-state index in [0.717, 1.165) is 73.0 Å². The smallest absolute Gasteiger partial charge is 0.303 e. The van der Waals surface area contributed by atoms with Crippen molar-refractivity contribution in [2.75, 3.05) is 58.8 Å². The number of carbonyl (C=O) groups is 1. The van der Waals surface area contributed by atoms with E-state index < -0.39 is 12.1 Å². The quantitative estimate of drug-likeness (QED) is 0.301. The normalized spacial score (nSPS) is 21.3. The maximum Gasteiger partial charge on any atom is 0.303 e. The van der Waals surface area contributed by atoms with Gasteiger partial charge >= 0.3 is 5.97 Å². The number of halogens is 1. The Bertz CT molecular complexity index is 1150. The van der Waals surface area contributed by atoms with Gasteiger partial charge in [0.25, 0.3) is 0 Å². The lowest BCUT2D eigenvalue weighted by molar-refractivity contribution is -0.141. The lowest BCUT2D eigenvalue weighted by Crippen LogP contribution is -2.42. The topological polar surface area (TPSA) is 75.1 Å². The average molecular weight is 588 g/mol. The molecular formula is C32H46FN3O4S. The van der Waals surface area contributed by atoms with Crippen molar-refractivity contribution in [3.8, 4) is 5.75 Å². The minimum absolute atomic E-state index is 0.107. The molecule has 1 aliphatic carbocycles. The summed E-state index contributed by atoms with van der Waals surface area (Å²) in [6.07, 6.45) is 8.64. The van der Waals surface area contributed by atoms with E-state index in [0.29, 0.717) is 43.9 Å². The highest BCUT2D eigenvalue weighted by Crippen LogP contribution is 2.44. The second-order valence-corrected chi connectivity index (χ2v) is 13.6. The highest BCUT2D eigenvalue weighted by atomic mass is 32.2. The van der Waals surface area contributed by atoms with E-state index in [4.69, 9.17) is 9.47 Å². The van der Waals surface area contributed by atoms with Crippen LogP contribution in [-0.4, -0.2) is 89.9 Å². The van der Waals surface area contributed by atoms with Crippen molar-refractivity contribution in [3.05, 3.63) is 35.5 Å². The zero-order chi connectivity index (χ0) is 28.7. The van der Waals surface area contributed by atoms with E-state index in [1.807, 2.05) is 24.4 Å². The summed E-state index contributed by atoms with van der Waals surface area (Å²) in [6, 6.07) is 5.63. The summed E-state index contributed by atoms with van der Waals surface area (Å²) in [4.78, 5) is 21.4. The van der Waals surface area contributed by atoms with Crippen LogP contribution < -0.4 is 4.74 Å². The Balaban J connectivity index is 1.28. The third-order valence-electron chi connectivity index (χ3n) is 9.44. The van der Waals surface area contributed by atoms with Crippen LogP contribution in [0.1, 0.15) is 75.1 Å². The number of hydrogen-bond donors (Lipinski definition) is 1. The van der Waals surface area contributed by atoms with E-state index in [1.165, 1.54) is 25.7 Å². The number of likely N-dealkylation sites (tertiary alicyclic amines) is 1. The molecule has 2 aliphatic heterocycles. The van der Waals surface area contributed by atoms with Crippen LogP contribution in [0.15, 0.2) is 24.4 Å². The molecule has 7 nitrogen and oxygen atoms in total. The van der Waals surface area contributed by atoms with Gasteiger partial charge in [-0.3, -0.25) is 14.7 Å². The van der Waals surface area contributed by atoms with Crippen molar-refractivity contribution in [1.29, 1.82) is 0 Å². The van der Waals surface area contributed by atoms with Gasteiger partial charge in [0.05, 0.1) is 32.3 Å². The Morgan fingerprint density at radius 3 is 2.66 bits per heavy atom. The largest absolute Gasteiger partial charge is 0.497 e. The van der Waals surface area contributed by atoms with Crippen molar-refractivity contribution in [2.45, 2.75) is 75.8 Å². The molecule has 1 aromatic carbocycles. The number of methoxy groups -OCH3 is 1. The number of carboxylic acid groups (broad SMARTS) is 1. The summed E-state index contributed by atoms with van der Waals surface area (Å²) in [6.45, 7) is 6.45. The second-order valence-electron chi connectivity index (χ2n) is 12.2. The first-order valence-electron chi connectivity index (χ1n) is 15.4. The minimum Gasteiger partial charge on any atom is -0.497 e. The number of thioether (sulfide) groups is 1. The molecule has 226 valence electrons. The number of rotatable bonds is 13. The van der Waals surface area contributed by atoms with Crippen LogP contribution >= 0.6 is 11.8 Å². The fourth-order valence-electron chi connectivity index (χ4n) is 6.92. The molecule has 3 aliphatic rings. The molecule has 41 heavy (non-hydrogen) atoms. The first kappa shape index (κ1) is 30.5. The first-order chi connectivity index (χ1) is 19.9. The highest BCUT2D eigenvalue weighted by Gasteiger charge is 2.37. The summed E-state index contributed by atoms with van der Waals surface area (Å²) in [5, 5.41) is 11.4. The molecule has 1 N–H and O–H groups in total. The van der Waals surface area contributed by atoms with Crippen molar-refractivity contribution in [1.82, 2.24) is 14.8 Å². The fourth-order valence-corrected chi connectivity index (χ4v) is 8.29. The monoisotopic (exact) mass is 587 g/mol. The van der Waals surface area contributed by atoms with Gasteiger partial charge in [0.2, 0.25) is 0 Å². The van der Waals surface area contributed by atoms with Crippen LogP contribution in [0, 0.1) is 5.41 Å². The molecule has 2 saturated heterocycles. The molecule has 1 atom stereocenters. The maximum atomic E-state index is 16.5. The molecule has 3 fully saturated rings. The van der Waals surface area contributed by atoms with E-state index in [1.54, 1.807) is 7.11 Å². The summed E-state index contributed by atoms with van der Waals surface area (Å²) >= 11 is 2.11. The lowest BCUT2D eigenvalue weighted by Gasteiger charge is -2.41. The van der Waals surface area contributed by atoms with Gasteiger partial charge in [-0.15, -0.1) is 0 Å². The number of ether oxygens (including phenoxy) is 2. The molecule has 0 amide bonds. The molecule has 0 spiro atoms. The Hall–Kier alpha value is -1.94. The van der Waals surface area contributed by atoms with E-state index in [9.17, 15) is 9.90 Å². The number of aromatic nitrogens is 1. The van der Waals surface area contributed by atoms with Gasteiger partial charge in [0.15, 0.2) is 0 Å². The molecule has 5 rings (SSSR count). The third kappa shape index (κ3) is 8.12. The van der Waals surface area contributed by atoms with Gasteiger partial charge in [-0.2, -0.15) is 11.8 Å². The zero-order valence-corrected chi connectivity index (χ0v) is 25.3. The number of aliphatic carboxylic acids is 1. The van der Waals surface area contributed by atoms with Crippen LogP contribution in [0.25, 0.3) is 10.9 Å². The van der Waals surface area contributed by atoms with Crippen LogP contribution in [0.2, 0.25) is 0 Å². The number of carboxylic acids is 1. The molecular weight excluding hydrogens is 541 g/mol. The van der Waals surface area contributed by atoms with Crippen molar-refractivity contribution in [2.24, 2.45) is 5.41 Å². The number of alkyl halides is 1. The van der Waals surface area contributed by atoms with E-state index in [-0.39, 0.29) is 11.8 Å². The number of fused-ring (bicyclic) bond motifs is 1. The summed E-state index contributed by atoms with van der Waals surface area (Å²) in [5.74, 6) is 1.04. The van der Waals surface area contributed by atoms with E-state index in [2.05, 4.69) is 26.5 Å². The summed E-state index contributed by atoms with van der Waals surface area (Å²) in [5.41, 5.74) is 1.95. The predicted molar refractivity (Wildman–Crippen MR) is 163 cm³/mol. The molecule has 0 bridgehead atoms. The Morgan fingerprint density at radius 2 is 1.95 bits per heavy atom. The van der Waals surface area contributed by atoms with Gasteiger partial charge in [-0.05, 0) is 80.8 Å². The molecule has 1 saturated carbocycles. The Labute approximate surface area is 248 Å². The van der Waals surface area contributed by atoms with Crippen LogP contribution in [0.5, 0.6) is 5.75 Å². The van der Waals surface area contributed by atoms with Crippen molar-refractivity contribution < 1.29 is 23.8 Å². The summed E-state index contributed by atoms with van der Waals surface area (Å²) < 4.78 is 27.5. The number of nitrogens with zero attached hydrogens (tertiary/aromatic N) is 3. The van der Waals surface area contributed by atoms with Gasteiger partial charge in [0, 0.05) is 54.3 Å². The minimum atomic E-state index is -1.21. The van der Waals surface area contributed by atoms with Crippen LogP contribution in [-0.2, 0) is 16.1 Å². The molecule has 0 unspecified atom stereocenters. The van der Waals surface area contributed by atoms with Gasteiger partial charge in [-0.1, -0.05) is 12.8 Å². The standard InChI is InChI=1S/C32H46FN3O4S/c1-39-25-6-7-29-27(20-25)31(24(22-34-29)23-36-14-17-40-18-15-36)28(33)8-9-32(21-30(37)38)10-12-35(13-11-32)16-19-41-26-4-2-3-5-26/h6-7,20,22,26,28H,2-5,8-19,21,23H2,1H3,(H,37,38)/t28-/m0/s1. The zero-order valence-electron chi connectivity index (χ0n) is 24.5. The predicted octanol–water partition coefficient (Wildman–Crippen LogP) is 6.10. The van der Waals surface area contributed by atoms with Crippen LogP contribution in [0.4, 0.5) is 4.39 Å². The van der Waals surface area contributed by atoms with Gasteiger partial charge < -0.3 is 19.5 Å². The van der Waals surface area contributed by atoms with E-state index >= 15 is 4.39 Å². The van der Waals surface area contributed by atoms with Crippen LogP contribution in [0.3, 0.4) is 0 Å². The molecule has 2 aromatic rings. The number of benzene rings is 1. The fraction of sp³-hybridized carbons (Fsp3) is 0.688. The van der Waals surface area contributed by atoms with Crippen molar-refractivity contribution >= 4 is 28.6 Å². The van der Waals surface area contributed by atoms with Gasteiger partial charge in [0.1, 0.15) is 11.9 Å². The Morgan fingerprint density at radius 1 is 1.20 bits per heavy atom. The average Bonchev–Trinajstić information content (AvgIpc) is 3.50. The molecule has 3 heterocycles. The number of pyridine rings is 1. The van der Waals surface area contributed by atoms with Crippen molar-refractivity contribution in [3.63, 3.8) is 0 Å². The SMILES string of the molecule is COc1ccc2ncc(CN3CCOCC3)c([C@@H](F)CCC3(CC(=O)O)CCN(CCSC4CCCC4)CC3)c2c1. The third-order valence-corrected chi connectivity index (χ3v) is 10.8. The second kappa shape index (κ2) is 14.5. The summed E-state index contributed by atoms with van der Waals surface area (Å²) in [7, 11) is 1.62.